The minimum atomic E-state index is -0.122. The third kappa shape index (κ3) is 3.47. The first-order valence-electron chi connectivity index (χ1n) is 5.74. The van der Waals surface area contributed by atoms with Crippen molar-refractivity contribution in [2.75, 3.05) is 0 Å². The van der Waals surface area contributed by atoms with Crippen LogP contribution in [-0.4, -0.2) is 5.11 Å². The summed E-state index contributed by atoms with van der Waals surface area (Å²) in [4.78, 5) is 0. The molecule has 0 fully saturated rings. The van der Waals surface area contributed by atoms with E-state index in [1.807, 2.05) is 12.1 Å². The molecular formula is C15H12ClNO2. The summed E-state index contributed by atoms with van der Waals surface area (Å²) in [5.41, 5.74) is 2.23. The monoisotopic (exact) mass is 273 g/mol. The van der Waals surface area contributed by atoms with Gasteiger partial charge in [0.15, 0.2) is 0 Å². The normalized spacial score (nSPS) is 9.95. The lowest BCUT2D eigenvalue weighted by atomic mass is 10.1. The van der Waals surface area contributed by atoms with E-state index in [1.54, 1.807) is 30.3 Å². The van der Waals surface area contributed by atoms with E-state index < -0.39 is 0 Å². The molecule has 0 atom stereocenters. The van der Waals surface area contributed by atoms with Crippen molar-refractivity contribution in [1.82, 2.24) is 0 Å². The largest absolute Gasteiger partial charge is 0.489 e. The number of benzene rings is 2. The third-order valence-corrected chi connectivity index (χ3v) is 2.91. The molecule has 0 aromatic heterocycles. The number of aliphatic hydroxyl groups excluding tert-OH is 1. The zero-order valence-corrected chi connectivity index (χ0v) is 10.9. The molecule has 19 heavy (non-hydrogen) atoms. The topological polar surface area (TPSA) is 53.2 Å². The molecule has 0 amide bonds. The van der Waals surface area contributed by atoms with Crippen molar-refractivity contribution >= 4 is 11.6 Å². The highest BCUT2D eigenvalue weighted by Crippen LogP contribution is 2.23. The van der Waals surface area contributed by atoms with Crippen LogP contribution in [0.15, 0.2) is 42.5 Å². The summed E-state index contributed by atoms with van der Waals surface area (Å²) in [6, 6.07) is 14.4. The van der Waals surface area contributed by atoms with E-state index in [9.17, 15) is 5.11 Å². The van der Waals surface area contributed by atoms with Crippen LogP contribution in [0.1, 0.15) is 16.7 Å². The zero-order valence-electron chi connectivity index (χ0n) is 10.1. The number of halogens is 1. The Morgan fingerprint density at radius 1 is 1.16 bits per heavy atom. The lowest BCUT2D eigenvalue weighted by Gasteiger charge is -2.10. The molecule has 0 aliphatic carbocycles. The van der Waals surface area contributed by atoms with Gasteiger partial charge in [-0.15, -0.1) is 0 Å². The molecule has 0 radical (unpaired) electrons. The number of aliphatic hydroxyl groups is 1. The average Bonchev–Trinajstić information content (AvgIpc) is 2.46. The first-order chi connectivity index (χ1) is 9.22. The van der Waals surface area contributed by atoms with Gasteiger partial charge in [0.05, 0.1) is 18.2 Å². The molecule has 2 aromatic carbocycles. The van der Waals surface area contributed by atoms with Gasteiger partial charge in [-0.3, -0.25) is 0 Å². The molecule has 0 saturated carbocycles. The zero-order chi connectivity index (χ0) is 13.7. The van der Waals surface area contributed by atoms with Crippen molar-refractivity contribution in [3.05, 3.63) is 64.2 Å². The second-order valence-corrected chi connectivity index (χ2v) is 4.44. The van der Waals surface area contributed by atoms with Gasteiger partial charge in [0, 0.05) is 10.6 Å². The molecular weight excluding hydrogens is 262 g/mol. The van der Waals surface area contributed by atoms with E-state index in [-0.39, 0.29) is 6.61 Å². The van der Waals surface area contributed by atoms with E-state index >= 15 is 0 Å². The minimum Gasteiger partial charge on any atom is -0.489 e. The highest BCUT2D eigenvalue weighted by atomic mass is 35.5. The minimum absolute atomic E-state index is 0.122. The highest BCUT2D eigenvalue weighted by Gasteiger charge is 2.04. The maximum atomic E-state index is 9.23. The lowest BCUT2D eigenvalue weighted by molar-refractivity contribution is 0.259. The summed E-state index contributed by atoms with van der Waals surface area (Å²) in [7, 11) is 0. The molecule has 4 heteroatoms. The van der Waals surface area contributed by atoms with Gasteiger partial charge in [-0.1, -0.05) is 23.7 Å². The first kappa shape index (κ1) is 13.4. The standard InChI is InChI=1S/C15H12ClNO2/c16-14-5-6-15(13(7-14)9-18)19-10-12-3-1-11(8-17)2-4-12/h1-7,18H,9-10H2. The van der Waals surface area contributed by atoms with Crippen LogP contribution < -0.4 is 4.74 Å². The molecule has 0 unspecified atom stereocenters. The van der Waals surface area contributed by atoms with E-state index in [2.05, 4.69) is 6.07 Å². The van der Waals surface area contributed by atoms with Crippen LogP contribution in [0, 0.1) is 11.3 Å². The summed E-state index contributed by atoms with van der Waals surface area (Å²) in [5, 5.41) is 18.5. The number of hydrogen-bond acceptors (Lipinski definition) is 3. The van der Waals surface area contributed by atoms with Crippen molar-refractivity contribution in [2.45, 2.75) is 13.2 Å². The lowest BCUT2D eigenvalue weighted by Crippen LogP contribution is -1.98. The van der Waals surface area contributed by atoms with Gasteiger partial charge in [0.25, 0.3) is 0 Å². The Labute approximate surface area is 116 Å². The summed E-state index contributed by atoms with van der Waals surface area (Å²) in [6.07, 6.45) is 0. The van der Waals surface area contributed by atoms with Crippen LogP contribution in [0.3, 0.4) is 0 Å². The SMILES string of the molecule is N#Cc1ccc(COc2ccc(Cl)cc2CO)cc1. The van der Waals surface area contributed by atoms with Crippen molar-refractivity contribution in [2.24, 2.45) is 0 Å². The van der Waals surface area contributed by atoms with Crippen LogP contribution in [0.25, 0.3) is 0 Å². The summed E-state index contributed by atoms with van der Waals surface area (Å²) < 4.78 is 5.64. The van der Waals surface area contributed by atoms with Crippen molar-refractivity contribution in [3.8, 4) is 11.8 Å². The predicted octanol–water partition coefficient (Wildman–Crippen LogP) is 3.28. The average molecular weight is 274 g/mol. The fraction of sp³-hybridized carbons (Fsp3) is 0.133. The quantitative estimate of drug-likeness (QED) is 0.930. The van der Waals surface area contributed by atoms with Gasteiger partial charge in [0.1, 0.15) is 12.4 Å². The molecule has 0 aliphatic heterocycles. The molecule has 0 bridgehead atoms. The van der Waals surface area contributed by atoms with Crippen LogP contribution in [0.4, 0.5) is 0 Å². The van der Waals surface area contributed by atoms with Crippen molar-refractivity contribution in [3.63, 3.8) is 0 Å². The Bertz CT molecular complexity index is 603. The number of nitriles is 1. The van der Waals surface area contributed by atoms with E-state index in [0.717, 1.165) is 5.56 Å². The van der Waals surface area contributed by atoms with Gasteiger partial charge in [-0.05, 0) is 35.9 Å². The Morgan fingerprint density at radius 3 is 2.53 bits per heavy atom. The van der Waals surface area contributed by atoms with Gasteiger partial charge < -0.3 is 9.84 Å². The van der Waals surface area contributed by atoms with E-state index in [1.165, 1.54) is 0 Å². The first-order valence-corrected chi connectivity index (χ1v) is 6.12. The molecule has 0 spiro atoms. The Hall–Kier alpha value is -2.02. The second-order valence-electron chi connectivity index (χ2n) is 4.01. The predicted molar refractivity (Wildman–Crippen MR) is 72.9 cm³/mol. The highest BCUT2D eigenvalue weighted by molar-refractivity contribution is 6.30. The van der Waals surface area contributed by atoms with Crippen LogP contribution in [-0.2, 0) is 13.2 Å². The van der Waals surface area contributed by atoms with Crippen LogP contribution in [0.2, 0.25) is 5.02 Å². The molecule has 96 valence electrons. The fourth-order valence-electron chi connectivity index (χ4n) is 1.65. The molecule has 2 aromatic rings. The number of hydrogen-bond donors (Lipinski definition) is 1. The summed E-state index contributed by atoms with van der Waals surface area (Å²) in [6.45, 7) is 0.254. The second kappa shape index (κ2) is 6.24. The Kier molecular flexibility index (Phi) is 4.40. The smallest absolute Gasteiger partial charge is 0.125 e. The van der Waals surface area contributed by atoms with Gasteiger partial charge in [-0.2, -0.15) is 5.26 Å². The summed E-state index contributed by atoms with van der Waals surface area (Å²) >= 11 is 5.85. The summed E-state index contributed by atoms with van der Waals surface area (Å²) in [5.74, 6) is 0.608. The molecule has 1 N–H and O–H groups in total. The van der Waals surface area contributed by atoms with Gasteiger partial charge >= 0.3 is 0 Å². The number of ether oxygens (including phenoxy) is 1. The van der Waals surface area contributed by atoms with E-state index in [4.69, 9.17) is 21.6 Å². The molecule has 2 rings (SSSR count). The number of rotatable bonds is 4. The molecule has 3 nitrogen and oxygen atoms in total. The fourth-order valence-corrected chi connectivity index (χ4v) is 1.84. The number of nitrogens with zero attached hydrogens (tertiary/aromatic N) is 1. The maximum Gasteiger partial charge on any atom is 0.125 e. The Balaban J connectivity index is 2.07. The third-order valence-electron chi connectivity index (χ3n) is 2.67. The molecule has 0 aliphatic rings. The maximum absolute atomic E-state index is 9.23. The van der Waals surface area contributed by atoms with Crippen molar-refractivity contribution in [1.29, 1.82) is 5.26 Å². The van der Waals surface area contributed by atoms with Gasteiger partial charge in [-0.25, -0.2) is 0 Å². The molecule has 0 saturated heterocycles. The Morgan fingerprint density at radius 2 is 1.89 bits per heavy atom. The van der Waals surface area contributed by atoms with Gasteiger partial charge in [0.2, 0.25) is 0 Å². The van der Waals surface area contributed by atoms with Crippen molar-refractivity contribution < 1.29 is 9.84 Å². The molecule has 0 heterocycles. The van der Waals surface area contributed by atoms with Crippen LogP contribution in [0.5, 0.6) is 5.75 Å². The van der Waals surface area contributed by atoms with E-state index in [0.29, 0.717) is 28.5 Å². The van der Waals surface area contributed by atoms with Crippen LogP contribution >= 0.6 is 11.6 Å².